The summed E-state index contributed by atoms with van der Waals surface area (Å²) in [5, 5.41) is 0. The van der Waals surface area contributed by atoms with Gasteiger partial charge in [0.05, 0.1) is 28.6 Å². The quantitative estimate of drug-likeness (QED) is 0.346. The van der Waals surface area contributed by atoms with Crippen LogP contribution in [0, 0.1) is 6.92 Å². The van der Waals surface area contributed by atoms with Gasteiger partial charge in [0.15, 0.2) is 0 Å². The summed E-state index contributed by atoms with van der Waals surface area (Å²) < 4.78 is 39.2. The molecule has 4 rings (SSSR count). The molecule has 8 nitrogen and oxygen atoms in total. The van der Waals surface area contributed by atoms with Gasteiger partial charge in [0.25, 0.3) is 10.1 Å². The Hall–Kier alpha value is -2.43. The number of fused-ring (bicyclic) bond motifs is 1. The molecular weight excluding hydrogens is 546 g/mol. The molecule has 0 radical (unpaired) electrons. The SMILES string of the molecule is Cc1ccc(S(=O)(=O)OCCc2nc3cc(Br)ccc3n2CC2CCCN2C(=O)OC(C)(C)C)cc1. The van der Waals surface area contributed by atoms with Crippen LogP contribution in [0.4, 0.5) is 4.79 Å². The molecule has 2 heterocycles. The van der Waals surface area contributed by atoms with E-state index in [2.05, 4.69) is 20.5 Å². The Morgan fingerprint density at radius 3 is 2.58 bits per heavy atom. The molecular formula is C26H32BrN3O5S. The fraction of sp³-hybridized carbons (Fsp3) is 0.462. The summed E-state index contributed by atoms with van der Waals surface area (Å²) in [6.45, 7) is 8.62. The normalized spacial score (nSPS) is 16.6. The predicted molar refractivity (Wildman–Crippen MR) is 141 cm³/mol. The van der Waals surface area contributed by atoms with Crippen molar-refractivity contribution in [1.82, 2.24) is 14.5 Å². The number of aromatic nitrogens is 2. The molecule has 1 aromatic heterocycles. The highest BCUT2D eigenvalue weighted by molar-refractivity contribution is 9.10. The largest absolute Gasteiger partial charge is 0.444 e. The van der Waals surface area contributed by atoms with Crippen LogP contribution in [0.5, 0.6) is 0 Å². The maximum absolute atomic E-state index is 12.8. The van der Waals surface area contributed by atoms with E-state index < -0.39 is 15.7 Å². The number of halogens is 1. The third-order valence-electron chi connectivity index (χ3n) is 6.06. The molecule has 10 heteroatoms. The predicted octanol–water partition coefficient (Wildman–Crippen LogP) is 5.45. The van der Waals surface area contributed by atoms with E-state index in [1.54, 1.807) is 29.2 Å². The maximum atomic E-state index is 12.8. The monoisotopic (exact) mass is 577 g/mol. The molecule has 0 N–H and O–H groups in total. The Balaban J connectivity index is 1.54. The van der Waals surface area contributed by atoms with Gasteiger partial charge in [0.2, 0.25) is 0 Å². The van der Waals surface area contributed by atoms with Gasteiger partial charge in [0, 0.05) is 24.0 Å². The molecule has 1 aliphatic heterocycles. The van der Waals surface area contributed by atoms with Gasteiger partial charge in [0.1, 0.15) is 11.4 Å². The first kappa shape index (κ1) is 26.6. The van der Waals surface area contributed by atoms with E-state index in [9.17, 15) is 13.2 Å². The standard InChI is InChI=1S/C26H32BrN3O5S/c1-18-7-10-21(11-8-18)36(32,33)34-15-13-24-28-22-16-19(27)9-12-23(22)30(24)17-20-6-5-14-29(20)25(31)35-26(2,3)4/h7-12,16,20H,5-6,13-15,17H2,1-4H3. The van der Waals surface area contributed by atoms with Gasteiger partial charge < -0.3 is 14.2 Å². The lowest BCUT2D eigenvalue weighted by Crippen LogP contribution is -2.41. The Morgan fingerprint density at radius 1 is 1.17 bits per heavy atom. The van der Waals surface area contributed by atoms with Crippen LogP contribution in [-0.4, -0.2) is 53.8 Å². The van der Waals surface area contributed by atoms with Crippen molar-refractivity contribution >= 4 is 43.2 Å². The van der Waals surface area contributed by atoms with Crippen molar-refractivity contribution in [3.05, 3.63) is 58.3 Å². The van der Waals surface area contributed by atoms with Crippen molar-refractivity contribution in [1.29, 1.82) is 0 Å². The van der Waals surface area contributed by atoms with E-state index in [0.717, 1.165) is 33.9 Å². The zero-order chi connectivity index (χ0) is 26.1. The van der Waals surface area contributed by atoms with E-state index >= 15 is 0 Å². The van der Waals surface area contributed by atoms with Crippen LogP contribution < -0.4 is 0 Å². The molecule has 36 heavy (non-hydrogen) atoms. The van der Waals surface area contributed by atoms with Gasteiger partial charge in [-0.1, -0.05) is 33.6 Å². The van der Waals surface area contributed by atoms with E-state index in [1.807, 2.05) is 45.9 Å². The average molecular weight is 579 g/mol. The van der Waals surface area contributed by atoms with Gasteiger partial charge in [-0.3, -0.25) is 4.18 Å². The van der Waals surface area contributed by atoms with Crippen LogP contribution in [0.25, 0.3) is 11.0 Å². The summed E-state index contributed by atoms with van der Waals surface area (Å²) in [6.07, 6.45) is 1.74. The second-order valence-corrected chi connectivity index (χ2v) is 12.6. The molecule has 1 amide bonds. The number of imidazole rings is 1. The molecule has 194 valence electrons. The molecule has 1 aliphatic rings. The Kier molecular flexibility index (Phi) is 7.78. The van der Waals surface area contributed by atoms with Crippen LogP contribution in [-0.2, 0) is 32.0 Å². The van der Waals surface area contributed by atoms with E-state index in [4.69, 9.17) is 13.9 Å². The molecule has 1 saturated heterocycles. The lowest BCUT2D eigenvalue weighted by atomic mass is 10.2. The Bertz CT molecular complexity index is 1350. The summed E-state index contributed by atoms with van der Waals surface area (Å²) in [5.41, 5.74) is 2.12. The third kappa shape index (κ3) is 6.27. The number of ether oxygens (including phenoxy) is 1. The highest BCUT2D eigenvalue weighted by Crippen LogP contribution is 2.27. The molecule has 3 aromatic rings. The molecule has 1 atom stereocenters. The molecule has 0 bridgehead atoms. The van der Waals surface area contributed by atoms with Crippen molar-refractivity contribution in [3.63, 3.8) is 0 Å². The zero-order valence-electron chi connectivity index (χ0n) is 21.0. The molecule has 0 spiro atoms. The number of likely N-dealkylation sites (tertiary alicyclic amines) is 1. The van der Waals surface area contributed by atoms with Crippen LogP contribution in [0.2, 0.25) is 0 Å². The van der Waals surface area contributed by atoms with E-state index in [-0.39, 0.29) is 23.6 Å². The zero-order valence-corrected chi connectivity index (χ0v) is 23.4. The lowest BCUT2D eigenvalue weighted by Gasteiger charge is -2.29. The summed E-state index contributed by atoms with van der Waals surface area (Å²) in [7, 11) is -3.87. The molecule has 0 saturated carbocycles. The van der Waals surface area contributed by atoms with Gasteiger partial charge in [-0.15, -0.1) is 0 Å². The summed E-state index contributed by atoms with van der Waals surface area (Å²) >= 11 is 3.50. The van der Waals surface area contributed by atoms with Crippen molar-refractivity contribution in [2.45, 2.75) is 70.0 Å². The Morgan fingerprint density at radius 2 is 1.89 bits per heavy atom. The second kappa shape index (κ2) is 10.5. The summed E-state index contributed by atoms with van der Waals surface area (Å²) in [6, 6.07) is 12.4. The Labute approximate surface area is 220 Å². The number of carbonyl (C=O) groups excluding carboxylic acids is 1. The van der Waals surface area contributed by atoms with Crippen LogP contribution >= 0.6 is 15.9 Å². The lowest BCUT2D eigenvalue weighted by molar-refractivity contribution is 0.0214. The van der Waals surface area contributed by atoms with Crippen molar-refractivity contribution < 1.29 is 22.1 Å². The van der Waals surface area contributed by atoms with Crippen LogP contribution in [0.3, 0.4) is 0 Å². The van der Waals surface area contributed by atoms with Gasteiger partial charge in [-0.25, -0.2) is 9.78 Å². The maximum Gasteiger partial charge on any atom is 0.410 e. The second-order valence-electron chi connectivity index (χ2n) is 10.1. The third-order valence-corrected chi connectivity index (χ3v) is 7.88. The van der Waals surface area contributed by atoms with E-state index in [0.29, 0.717) is 25.3 Å². The van der Waals surface area contributed by atoms with Crippen molar-refractivity contribution in [2.75, 3.05) is 13.2 Å². The fourth-order valence-corrected chi connectivity index (χ4v) is 5.62. The topological polar surface area (TPSA) is 90.7 Å². The first-order chi connectivity index (χ1) is 16.9. The molecule has 1 unspecified atom stereocenters. The number of amides is 1. The number of benzene rings is 2. The first-order valence-corrected chi connectivity index (χ1v) is 14.2. The smallest absolute Gasteiger partial charge is 0.410 e. The number of rotatable bonds is 7. The molecule has 0 aliphatic carbocycles. The minimum atomic E-state index is -3.87. The number of nitrogens with zero attached hydrogens (tertiary/aromatic N) is 3. The van der Waals surface area contributed by atoms with Crippen molar-refractivity contribution in [2.24, 2.45) is 0 Å². The molecule has 2 aromatic carbocycles. The van der Waals surface area contributed by atoms with Crippen LogP contribution in [0.15, 0.2) is 51.8 Å². The fourth-order valence-electron chi connectivity index (χ4n) is 4.36. The summed E-state index contributed by atoms with van der Waals surface area (Å²) in [4.78, 5) is 19.5. The summed E-state index contributed by atoms with van der Waals surface area (Å²) in [5.74, 6) is 0.707. The van der Waals surface area contributed by atoms with Crippen molar-refractivity contribution in [3.8, 4) is 0 Å². The number of aryl methyl sites for hydroxylation is 1. The highest BCUT2D eigenvalue weighted by atomic mass is 79.9. The highest BCUT2D eigenvalue weighted by Gasteiger charge is 2.33. The van der Waals surface area contributed by atoms with Gasteiger partial charge in [-0.05, 0) is 70.9 Å². The number of carbonyl (C=O) groups is 1. The van der Waals surface area contributed by atoms with Gasteiger partial charge in [-0.2, -0.15) is 8.42 Å². The minimum absolute atomic E-state index is 0.0405. The average Bonchev–Trinajstić information content (AvgIpc) is 3.37. The minimum Gasteiger partial charge on any atom is -0.444 e. The van der Waals surface area contributed by atoms with Gasteiger partial charge >= 0.3 is 6.09 Å². The number of hydrogen-bond acceptors (Lipinski definition) is 6. The van der Waals surface area contributed by atoms with Crippen LogP contribution in [0.1, 0.15) is 45.0 Å². The molecule has 1 fully saturated rings. The number of hydrogen-bond donors (Lipinski definition) is 0. The first-order valence-electron chi connectivity index (χ1n) is 12.0. The van der Waals surface area contributed by atoms with E-state index in [1.165, 1.54) is 0 Å².